The summed E-state index contributed by atoms with van der Waals surface area (Å²) in [5, 5.41) is 6.34. The molecule has 1 aliphatic rings. The van der Waals surface area contributed by atoms with E-state index < -0.39 is 0 Å². The third kappa shape index (κ3) is 3.70. The molecule has 1 saturated carbocycles. The number of fused-ring (bicyclic) bond motifs is 1. The Bertz CT molecular complexity index is 941. The zero-order valence-corrected chi connectivity index (χ0v) is 15.6. The van der Waals surface area contributed by atoms with E-state index in [2.05, 4.69) is 22.4 Å². The predicted molar refractivity (Wildman–Crippen MR) is 105 cm³/mol. The van der Waals surface area contributed by atoms with Crippen LogP contribution in [0.1, 0.15) is 38.3 Å². The van der Waals surface area contributed by atoms with Crippen molar-refractivity contribution in [1.29, 1.82) is 0 Å². The fourth-order valence-corrected chi connectivity index (χ4v) is 4.29. The summed E-state index contributed by atoms with van der Waals surface area (Å²) in [5.74, 6) is 0.587. The first-order chi connectivity index (χ1) is 12.7. The third-order valence-corrected chi connectivity index (χ3v) is 5.67. The van der Waals surface area contributed by atoms with Crippen LogP contribution < -0.4 is 5.43 Å². The Morgan fingerprint density at radius 1 is 1.38 bits per heavy atom. The number of carbonyl (C=O) groups is 1. The molecule has 4 rings (SSSR count). The molecule has 3 aromatic rings. The second kappa shape index (κ2) is 7.41. The molecular formula is C20H22N4OS. The summed E-state index contributed by atoms with van der Waals surface area (Å²) in [7, 11) is 0. The van der Waals surface area contributed by atoms with Gasteiger partial charge in [0, 0.05) is 28.5 Å². The van der Waals surface area contributed by atoms with Gasteiger partial charge in [-0.05, 0) is 31.6 Å². The maximum atomic E-state index is 12.3. The monoisotopic (exact) mass is 366 g/mol. The number of hydrazone groups is 1. The van der Waals surface area contributed by atoms with Crippen LogP contribution in [0.2, 0.25) is 0 Å². The number of imidazole rings is 1. The minimum Gasteiger partial charge on any atom is -0.294 e. The summed E-state index contributed by atoms with van der Waals surface area (Å²) < 4.78 is 2.00. The van der Waals surface area contributed by atoms with E-state index in [0.717, 1.165) is 40.5 Å². The van der Waals surface area contributed by atoms with E-state index in [1.807, 2.05) is 46.3 Å². The number of nitrogens with one attached hydrogen (secondary N) is 1. The Morgan fingerprint density at radius 2 is 2.23 bits per heavy atom. The maximum Gasteiger partial charge on any atom is 0.246 e. The lowest BCUT2D eigenvalue weighted by Crippen LogP contribution is -2.24. The number of thiazole rings is 1. The second-order valence-electron chi connectivity index (χ2n) is 6.96. The van der Waals surface area contributed by atoms with Gasteiger partial charge in [-0.3, -0.25) is 9.20 Å². The van der Waals surface area contributed by atoms with Crippen LogP contribution in [0, 0.1) is 5.92 Å². The Hall–Kier alpha value is -2.47. The molecule has 0 bridgehead atoms. The first kappa shape index (κ1) is 17.0. The molecule has 1 N–H and O–H groups in total. The van der Waals surface area contributed by atoms with Crippen molar-refractivity contribution in [3.8, 4) is 11.3 Å². The maximum absolute atomic E-state index is 12.3. The molecule has 26 heavy (non-hydrogen) atoms. The molecule has 1 aromatic carbocycles. The number of hydrogen-bond acceptors (Lipinski definition) is 4. The lowest BCUT2D eigenvalue weighted by Gasteiger charge is -2.18. The molecule has 1 amide bonds. The zero-order chi connectivity index (χ0) is 17.9. The Labute approximate surface area is 156 Å². The van der Waals surface area contributed by atoms with E-state index in [-0.39, 0.29) is 5.91 Å². The highest BCUT2D eigenvalue weighted by molar-refractivity contribution is 7.15. The van der Waals surface area contributed by atoms with Crippen LogP contribution in [-0.4, -0.2) is 21.0 Å². The van der Waals surface area contributed by atoms with E-state index in [0.29, 0.717) is 12.3 Å². The van der Waals surface area contributed by atoms with Gasteiger partial charge in [0.2, 0.25) is 5.91 Å². The van der Waals surface area contributed by atoms with Gasteiger partial charge in [-0.1, -0.05) is 37.3 Å². The normalized spacial score (nSPS) is 19.1. The van der Waals surface area contributed by atoms with Crippen molar-refractivity contribution in [3.63, 3.8) is 0 Å². The van der Waals surface area contributed by atoms with Crippen LogP contribution in [0.4, 0.5) is 0 Å². The summed E-state index contributed by atoms with van der Waals surface area (Å²) in [4.78, 5) is 17.9. The minimum atomic E-state index is -0.0783. The molecule has 0 radical (unpaired) electrons. The molecule has 1 aliphatic carbocycles. The lowest BCUT2D eigenvalue weighted by atomic mass is 9.89. The van der Waals surface area contributed by atoms with Crippen LogP contribution in [0.3, 0.4) is 0 Å². The molecule has 1 unspecified atom stereocenters. The summed E-state index contributed by atoms with van der Waals surface area (Å²) in [6.45, 7) is 2.24. The molecular weight excluding hydrogens is 344 g/mol. The van der Waals surface area contributed by atoms with Crippen molar-refractivity contribution >= 4 is 27.9 Å². The average molecular weight is 366 g/mol. The van der Waals surface area contributed by atoms with Gasteiger partial charge in [0.15, 0.2) is 4.96 Å². The molecule has 2 aromatic heterocycles. The Morgan fingerprint density at radius 3 is 3.04 bits per heavy atom. The highest BCUT2D eigenvalue weighted by atomic mass is 32.1. The number of nitrogens with zero attached hydrogens (tertiary/aromatic N) is 3. The number of amides is 1. The Kier molecular flexibility index (Phi) is 4.84. The summed E-state index contributed by atoms with van der Waals surface area (Å²) in [6, 6.07) is 10.1. The minimum absolute atomic E-state index is 0.0783. The fourth-order valence-electron chi connectivity index (χ4n) is 3.41. The molecule has 0 spiro atoms. The summed E-state index contributed by atoms with van der Waals surface area (Å²) >= 11 is 1.55. The Balaban J connectivity index is 1.46. The van der Waals surface area contributed by atoms with Gasteiger partial charge < -0.3 is 0 Å². The van der Waals surface area contributed by atoms with Gasteiger partial charge in [0.1, 0.15) is 0 Å². The quantitative estimate of drug-likeness (QED) is 0.700. The summed E-state index contributed by atoms with van der Waals surface area (Å²) in [5.41, 5.74) is 6.79. The molecule has 5 nitrogen and oxygen atoms in total. The van der Waals surface area contributed by atoms with E-state index in [9.17, 15) is 4.79 Å². The number of benzene rings is 1. The smallest absolute Gasteiger partial charge is 0.246 e. The first-order valence-corrected chi connectivity index (χ1v) is 9.92. The predicted octanol–water partition coefficient (Wildman–Crippen LogP) is 4.29. The first-order valence-electron chi connectivity index (χ1n) is 9.04. The number of carbonyl (C=O) groups excluding carboxylic acids is 1. The third-order valence-electron chi connectivity index (χ3n) is 4.78. The van der Waals surface area contributed by atoms with Crippen LogP contribution in [0.25, 0.3) is 16.2 Å². The molecule has 1 fully saturated rings. The van der Waals surface area contributed by atoms with Crippen LogP contribution in [0.15, 0.2) is 47.0 Å². The number of rotatable bonds is 4. The largest absolute Gasteiger partial charge is 0.294 e. The standard InChI is InChI=1S/C20H22N4OS/c1-14-6-5-9-16(10-14)22-23-19(25)11-17-13-26-20-21-18(12-24(17)20)15-7-3-2-4-8-15/h2-4,7-8,12-14H,5-6,9-11H2,1H3,(H,23,25)/b22-16+. The van der Waals surface area contributed by atoms with Crippen LogP contribution >= 0.6 is 11.3 Å². The van der Waals surface area contributed by atoms with Gasteiger partial charge in [0.05, 0.1) is 12.1 Å². The van der Waals surface area contributed by atoms with Crippen LogP contribution in [0.5, 0.6) is 0 Å². The van der Waals surface area contributed by atoms with Crippen molar-refractivity contribution in [1.82, 2.24) is 14.8 Å². The van der Waals surface area contributed by atoms with Crippen molar-refractivity contribution in [3.05, 3.63) is 47.6 Å². The SMILES string of the molecule is CC1CCC/C(=N\NC(=O)Cc2csc3nc(-c4ccccc4)cn23)C1. The van der Waals surface area contributed by atoms with E-state index >= 15 is 0 Å². The van der Waals surface area contributed by atoms with Gasteiger partial charge in [-0.2, -0.15) is 5.10 Å². The molecule has 1 atom stereocenters. The van der Waals surface area contributed by atoms with Crippen molar-refractivity contribution < 1.29 is 4.79 Å². The topological polar surface area (TPSA) is 58.8 Å². The summed E-state index contributed by atoms with van der Waals surface area (Å²) in [6.07, 6.45) is 6.71. The highest BCUT2D eigenvalue weighted by Gasteiger charge is 2.15. The van der Waals surface area contributed by atoms with E-state index in [1.54, 1.807) is 11.3 Å². The van der Waals surface area contributed by atoms with Gasteiger partial charge in [-0.25, -0.2) is 10.4 Å². The van der Waals surface area contributed by atoms with E-state index in [4.69, 9.17) is 0 Å². The molecule has 134 valence electrons. The average Bonchev–Trinajstić information content (AvgIpc) is 3.23. The van der Waals surface area contributed by atoms with Crippen LogP contribution in [-0.2, 0) is 11.2 Å². The lowest BCUT2D eigenvalue weighted by molar-refractivity contribution is -0.120. The van der Waals surface area contributed by atoms with Crippen molar-refractivity contribution in [2.75, 3.05) is 0 Å². The molecule has 6 heteroatoms. The number of hydrogen-bond donors (Lipinski definition) is 1. The van der Waals surface area contributed by atoms with Crippen molar-refractivity contribution in [2.45, 2.75) is 39.0 Å². The molecule has 2 heterocycles. The number of aromatic nitrogens is 2. The van der Waals surface area contributed by atoms with Gasteiger partial charge in [-0.15, -0.1) is 11.3 Å². The second-order valence-corrected chi connectivity index (χ2v) is 7.80. The zero-order valence-electron chi connectivity index (χ0n) is 14.8. The van der Waals surface area contributed by atoms with Gasteiger partial charge in [0.25, 0.3) is 0 Å². The highest BCUT2D eigenvalue weighted by Crippen LogP contribution is 2.24. The van der Waals surface area contributed by atoms with Crippen molar-refractivity contribution in [2.24, 2.45) is 11.0 Å². The fraction of sp³-hybridized carbons (Fsp3) is 0.350. The molecule has 0 aliphatic heterocycles. The van der Waals surface area contributed by atoms with Gasteiger partial charge >= 0.3 is 0 Å². The molecule has 0 saturated heterocycles. The van der Waals surface area contributed by atoms with E-state index in [1.165, 1.54) is 12.8 Å².